The molecule has 2 fully saturated rings. The van der Waals surface area contributed by atoms with Crippen LogP contribution >= 0.6 is 11.8 Å². The molecule has 0 amide bonds. The fourth-order valence-corrected chi connectivity index (χ4v) is 4.88. The third-order valence-electron chi connectivity index (χ3n) is 5.64. The fourth-order valence-electron chi connectivity index (χ4n) is 4.31. The first-order valence-corrected chi connectivity index (χ1v) is 11.4. The average Bonchev–Trinajstić information content (AvgIpc) is 3.30. The first-order chi connectivity index (χ1) is 12.7. The summed E-state index contributed by atoms with van der Waals surface area (Å²) in [5.41, 5.74) is 0. The molecule has 1 aliphatic heterocycles. The first-order valence-electron chi connectivity index (χ1n) is 10.2. The number of hydrogen-bond donors (Lipinski definition) is 1. The molecule has 1 aliphatic carbocycles. The Hall–Kier alpha value is -1.24. The third-order valence-corrected chi connectivity index (χ3v) is 6.28. The number of hydrogen-bond acceptors (Lipinski definition) is 4. The normalized spacial score (nSPS) is 22.2. The Morgan fingerprint density at radius 1 is 1.23 bits per heavy atom. The Balaban J connectivity index is 1.51. The lowest BCUT2D eigenvalue weighted by atomic mass is 10.0. The van der Waals surface area contributed by atoms with Gasteiger partial charge in [-0.25, -0.2) is 0 Å². The SMILES string of the molecule is CN=C(NCCCc1nnc(SC)n1C1CCCC1)N1CCCC(C)C1. The Morgan fingerprint density at radius 2 is 2.04 bits per heavy atom. The van der Waals surface area contributed by atoms with E-state index in [9.17, 15) is 0 Å². The number of rotatable bonds is 6. The van der Waals surface area contributed by atoms with Crippen molar-refractivity contribution in [1.29, 1.82) is 0 Å². The van der Waals surface area contributed by atoms with Crippen molar-refractivity contribution in [3.05, 3.63) is 5.82 Å². The predicted molar refractivity (Wildman–Crippen MR) is 109 cm³/mol. The van der Waals surface area contributed by atoms with E-state index >= 15 is 0 Å². The summed E-state index contributed by atoms with van der Waals surface area (Å²) in [5, 5.41) is 13.5. The van der Waals surface area contributed by atoms with Gasteiger partial charge in [-0.3, -0.25) is 4.99 Å². The van der Waals surface area contributed by atoms with Gasteiger partial charge in [0.2, 0.25) is 0 Å². The molecular formula is C19H34N6S. The second-order valence-electron chi connectivity index (χ2n) is 7.68. The van der Waals surface area contributed by atoms with Crippen LogP contribution in [0.4, 0.5) is 0 Å². The van der Waals surface area contributed by atoms with Gasteiger partial charge in [-0.1, -0.05) is 31.5 Å². The number of guanidine groups is 1. The molecule has 0 bridgehead atoms. The molecule has 0 radical (unpaired) electrons. The van der Waals surface area contributed by atoms with Crippen LogP contribution in [0.5, 0.6) is 0 Å². The summed E-state index contributed by atoms with van der Waals surface area (Å²) in [6, 6.07) is 0.609. The van der Waals surface area contributed by atoms with E-state index < -0.39 is 0 Å². The number of aryl methyl sites for hydroxylation is 1. The number of aromatic nitrogens is 3. The van der Waals surface area contributed by atoms with Gasteiger partial charge in [0.15, 0.2) is 11.1 Å². The van der Waals surface area contributed by atoms with Gasteiger partial charge in [0.1, 0.15) is 5.82 Å². The standard InChI is InChI=1S/C19H34N6S/c1-15-8-7-13-24(14-15)18(20-2)21-12-6-11-17-22-23-19(26-3)25(17)16-9-4-5-10-16/h15-16H,4-14H2,1-3H3,(H,20,21). The van der Waals surface area contributed by atoms with Crippen molar-refractivity contribution >= 4 is 17.7 Å². The van der Waals surface area contributed by atoms with Crippen molar-refractivity contribution in [3.63, 3.8) is 0 Å². The van der Waals surface area contributed by atoms with Gasteiger partial charge in [-0.05, 0) is 44.3 Å². The Morgan fingerprint density at radius 3 is 2.73 bits per heavy atom. The number of thioether (sulfide) groups is 1. The molecule has 1 saturated heterocycles. The van der Waals surface area contributed by atoms with E-state index in [1.165, 1.54) is 38.5 Å². The molecule has 2 aliphatic rings. The topological polar surface area (TPSA) is 58.3 Å². The molecule has 1 aromatic rings. The lowest BCUT2D eigenvalue weighted by Crippen LogP contribution is -2.46. The smallest absolute Gasteiger partial charge is 0.193 e. The number of nitrogens with one attached hydrogen (secondary N) is 1. The quantitative estimate of drug-likeness (QED) is 0.356. The maximum atomic E-state index is 4.49. The minimum Gasteiger partial charge on any atom is -0.356 e. The highest BCUT2D eigenvalue weighted by molar-refractivity contribution is 7.98. The lowest BCUT2D eigenvalue weighted by Gasteiger charge is -2.33. The van der Waals surface area contributed by atoms with Crippen molar-refractivity contribution in [2.75, 3.05) is 32.9 Å². The van der Waals surface area contributed by atoms with Gasteiger partial charge in [-0.15, -0.1) is 10.2 Å². The molecule has 3 rings (SSSR count). The van der Waals surface area contributed by atoms with Gasteiger partial charge < -0.3 is 14.8 Å². The second kappa shape index (κ2) is 9.62. The molecule has 0 aromatic carbocycles. The molecule has 1 atom stereocenters. The molecule has 146 valence electrons. The Kier molecular flexibility index (Phi) is 7.23. The van der Waals surface area contributed by atoms with Crippen LogP contribution < -0.4 is 5.32 Å². The number of nitrogens with zero attached hydrogens (tertiary/aromatic N) is 5. The zero-order valence-electron chi connectivity index (χ0n) is 16.6. The number of piperidine rings is 1. The summed E-state index contributed by atoms with van der Waals surface area (Å²) in [6.45, 7) is 5.51. The van der Waals surface area contributed by atoms with Crippen molar-refractivity contribution in [1.82, 2.24) is 25.0 Å². The largest absolute Gasteiger partial charge is 0.356 e. The Bertz CT molecular complexity index is 593. The Labute approximate surface area is 162 Å². The second-order valence-corrected chi connectivity index (χ2v) is 8.46. The van der Waals surface area contributed by atoms with Gasteiger partial charge in [0.25, 0.3) is 0 Å². The summed E-state index contributed by atoms with van der Waals surface area (Å²) in [6.07, 6.45) is 12.0. The van der Waals surface area contributed by atoms with Gasteiger partial charge in [0, 0.05) is 39.1 Å². The van der Waals surface area contributed by atoms with E-state index in [1.807, 2.05) is 7.05 Å². The minimum absolute atomic E-state index is 0.609. The maximum Gasteiger partial charge on any atom is 0.193 e. The summed E-state index contributed by atoms with van der Waals surface area (Å²) < 4.78 is 2.42. The van der Waals surface area contributed by atoms with E-state index in [0.29, 0.717) is 6.04 Å². The van der Waals surface area contributed by atoms with E-state index in [1.54, 1.807) is 11.8 Å². The van der Waals surface area contributed by atoms with Crippen molar-refractivity contribution in [2.24, 2.45) is 10.9 Å². The molecule has 7 heteroatoms. The summed E-state index contributed by atoms with van der Waals surface area (Å²) in [5.74, 6) is 2.97. The van der Waals surface area contributed by atoms with Gasteiger partial charge in [-0.2, -0.15) is 0 Å². The summed E-state index contributed by atoms with van der Waals surface area (Å²) in [4.78, 5) is 6.89. The fraction of sp³-hybridized carbons (Fsp3) is 0.842. The van der Waals surface area contributed by atoms with Crippen molar-refractivity contribution in [2.45, 2.75) is 69.5 Å². The zero-order chi connectivity index (χ0) is 18.4. The van der Waals surface area contributed by atoms with Gasteiger partial charge >= 0.3 is 0 Å². The minimum atomic E-state index is 0.609. The van der Waals surface area contributed by atoms with Crippen LogP contribution in [0.2, 0.25) is 0 Å². The third kappa shape index (κ3) is 4.72. The molecule has 1 N–H and O–H groups in total. The molecule has 26 heavy (non-hydrogen) atoms. The molecule has 1 unspecified atom stereocenters. The van der Waals surface area contributed by atoms with Crippen molar-refractivity contribution < 1.29 is 0 Å². The predicted octanol–water partition coefficient (Wildman–Crippen LogP) is 3.36. The monoisotopic (exact) mass is 378 g/mol. The van der Waals surface area contributed by atoms with Crippen LogP contribution in [-0.4, -0.2) is 58.6 Å². The van der Waals surface area contributed by atoms with E-state index in [4.69, 9.17) is 0 Å². The summed E-state index contributed by atoms with van der Waals surface area (Å²) in [7, 11) is 1.89. The van der Waals surface area contributed by atoms with Crippen molar-refractivity contribution in [3.8, 4) is 0 Å². The van der Waals surface area contributed by atoms with Crippen LogP contribution in [0.1, 0.15) is 63.7 Å². The van der Waals surface area contributed by atoms with Gasteiger partial charge in [0.05, 0.1) is 0 Å². The maximum absolute atomic E-state index is 4.49. The number of likely N-dealkylation sites (tertiary alicyclic amines) is 1. The van der Waals surface area contributed by atoms with Crippen LogP contribution in [0.25, 0.3) is 0 Å². The molecule has 2 heterocycles. The van der Waals surface area contributed by atoms with E-state index in [2.05, 4.69) is 43.2 Å². The average molecular weight is 379 g/mol. The highest BCUT2D eigenvalue weighted by Crippen LogP contribution is 2.33. The van der Waals surface area contributed by atoms with E-state index in [0.717, 1.165) is 55.3 Å². The molecular weight excluding hydrogens is 344 g/mol. The zero-order valence-corrected chi connectivity index (χ0v) is 17.4. The van der Waals surface area contributed by atoms with Crippen LogP contribution in [0, 0.1) is 5.92 Å². The van der Waals surface area contributed by atoms with Crippen LogP contribution in [-0.2, 0) is 6.42 Å². The molecule has 1 aromatic heterocycles. The van der Waals surface area contributed by atoms with E-state index in [-0.39, 0.29) is 0 Å². The summed E-state index contributed by atoms with van der Waals surface area (Å²) >= 11 is 1.72. The first kappa shape index (κ1) is 19.5. The molecule has 0 spiro atoms. The molecule has 1 saturated carbocycles. The lowest BCUT2D eigenvalue weighted by molar-refractivity contribution is 0.266. The highest BCUT2D eigenvalue weighted by Gasteiger charge is 2.23. The molecule has 6 nitrogen and oxygen atoms in total. The highest BCUT2D eigenvalue weighted by atomic mass is 32.2. The van der Waals surface area contributed by atoms with Crippen LogP contribution in [0.3, 0.4) is 0 Å². The van der Waals surface area contributed by atoms with Crippen LogP contribution in [0.15, 0.2) is 10.1 Å². The number of aliphatic imine (C=N–C) groups is 1.